The molecule has 2 N–H and O–H groups in total. The van der Waals surface area contributed by atoms with Crippen LogP contribution in [0.5, 0.6) is 0 Å². The molecular weight excluding hydrogens is 332 g/mol. The SMILES string of the molecule is Cc1cc(C(=O)N[C@H](C)c2ncn[nH]2)cc(Cl)c1Br. The summed E-state index contributed by atoms with van der Waals surface area (Å²) in [6, 6.07) is 3.15. The third kappa shape index (κ3) is 3.13. The Morgan fingerprint density at radius 3 is 2.84 bits per heavy atom. The van der Waals surface area contributed by atoms with Crippen LogP contribution in [0.25, 0.3) is 0 Å². The Morgan fingerprint density at radius 1 is 1.53 bits per heavy atom. The highest BCUT2D eigenvalue weighted by Gasteiger charge is 2.15. The van der Waals surface area contributed by atoms with Gasteiger partial charge in [0.05, 0.1) is 11.1 Å². The van der Waals surface area contributed by atoms with Gasteiger partial charge in [0.25, 0.3) is 5.91 Å². The van der Waals surface area contributed by atoms with Crippen LogP contribution in [-0.4, -0.2) is 21.1 Å². The van der Waals surface area contributed by atoms with E-state index in [-0.39, 0.29) is 11.9 Å². The van der Waals surface area contributed by atoms with Crippen molar-refractivity contribution in [3.8, 4) is 0 Å². The second-order valence-corrected chi connectivity index (χ2v) is 5.36. The van der Waals surface area contributed by atoms with Gasteiger partial charge in [-0.05, 0) is 47.5 Å². The molecule has 7 heteroatoms. The molecule has 0 aliphatic carbocycles. The van der Waals surface area contributed by atoms with Gasteiger partial charge in [0, 0.05) is 10.0 Å². The highest BCUT2D eigenvalue weighted by molar-refractivity contribution is 9.10. The Bertz CT molecular complexity index is 577. The molecule has 2 rings (SSSR count). The number of aromatic nitrogens is 3. The van der Waals surface area contributed by atoms with E-state index in [4.69, 9.17) is 11.6 Å². The van der Waals surface area contributed by atoms with Gasteiger partial charge in [0.2, 0.25) is 0 Å². The average molecular weight is 344 g/mol. The molecule has 0 radical (unpaired) electrons. The molecule has 5 nitrogen and oxygen atoms in total. The van der Waals surface area contributed by atoms with E-state index in [1.807, 2.05) is 13.8 Å². The molecular formula is C12H12BrClN4O. The van der Waals surface area contributed by atoms with E-state index in [1.54, 1.807) is 12.1 Å². The number of amides is 1. The number of rotatable bonds is 3. The van der Waals surface area contributed by atoms with Crippen molar-refractivity contribution < 1.29 is 4.79 Å². The van der Waals surface area contributed by atoms with Gasteiger partial charge in [-0.3, -0.25) is 9.89 Å². The van der Waals surface area contributed by atoms with Gasteiger partial charge < -0.3 is 5.32 Å². The predicted molar refractivity (Wildman–Crippen MR) is 76.2 cm³/mol. The molecule has 1 heterocycles. The highest BCUT2D eigenvalue weighted by atomic mass is 79.9. The van der Waals surface area contributed by atoms with E-state index in [2.05, 4.69) is 36.4 Å². The van der Waals surface area contributed by atoms with Crippen LogP contribution in [-0.2, 0) is 0 Å². The number of carbonyl (C=O) groups excluding carboxylic acids is 1. The number of hydrogen-bond acceptors (Lipinski definition) is 3. The van der Waals surface area contributed by atoms with Gasteiger partial charge in [-0.2, -0.15) is 5.10 Å². The fourth-order valence-electron chi connectivity index (χ4n) is 1.63. The number of nitrogens with one attached hydrogen (secondary N) is 2. The lowest BCUT2D eigenvalue weighted by molar-refractivity contribution is 0.0938. The van der Waals surface area contributed by atoms with Crippen LogP contribution in [0.1, 0.15) is 34.7 Å². The smallest absolute Gasteiger partial charge is 0.251 e. The average Bonchev–Trinajstić information content (AvgIpc) is 2.89. The molecule has 1 aromatic carbocycles. The molecule has 100 valence electrons. The first kappa shape index (κ1) is 14.0. The normalized spacial score (nSPS) is 12.2. The topological polar surface area (TPSA) is 70.7 Å². The van der Waals surface area contributed by atoms with Crippen LogP contribution in [0.4, 0.5) is 0 Å². The minimum absolute atomic E-state index is 0.207. The standard InChI is InChI=1S/C12H12BrClN4O/c1-6-3-8(4-9(14)10(6)13)12(19)17-7(2)11-15-5-16-18-11/h3-5,7H,1-2H3,(H,17,19)(H,15,16,18)/t7-/m1/s1. The third-order valence-electron chi connectivity index (χ3n) is 2.66. The van der Waals surface area contributed by atoms with Crippen molar-refractivity contribution in [1.29, 1.82) is 0 Å². The van der Waals surface area contributed by atoms with Gasteiger partial charge in [-0.15, -0.1) is 0 Å². The summed E-state index contributed by atoms with van der Waals surface area (Å²) < 4.78 is 0.800. The molecule has 1 aromatic heterocycles. The van der Waals surface area contributed by atoms with Crippen molar-refractivity contribution in [2.24, 2.45) is 0 Å². The summed E-state index contributed by atoms with van der Waals surface area (Å²) in [5.41, 5.74) is 1.42. The molecule has 0 spiro atoms. The summed E-state index contributed by atoms with van der Waals surface area (Å²) in [7, 11) is 0. The maximum Gasteiger partial charge on any atom is 0.251 e. The Kier molecular flexibility index (Phi) is 4.21. The second kappa shape index (κ2) is 5.71. The molecule has 0 aliphatic rings. The molecule has 19 heavy (non-hydrogen) atoms. The van der Waals surface area contributed by atoms with Crippen molar-refractivity contribution in [3.63, 3.8) is 0 Å². The molecule has 1 amide bonds. The fraction of sp³-hybridized carbons (Fsp3) is 0.250. The molecule has 2 aromatic rings. The van der Waals surface area contributed by atoms with E-state index in [1.165, 1.54) is 6.33 Å². The number of aryl methyl sites for hydroxylation is 1. The first-order valence-corrected chi connectivity index (χ1v) is 6.78. The molecule has 0 bridgehead atoms. The van der Waals surface area contributed by atoms with Crippen LogP contribution < -0.4 is 5.32 Å². The maximum absolute atomic E-state index is 12.1. The molecule has 0 aliphatic heterocycles. The van der Waals surface area contributed by atoms with E-state index in [0.29, 0.717) is 16.4 Å². The van der Waals surface area contributed by atoms with Crippen molar-refractivity contribution in [3.05, 3.63) is 44.9 Å². The van der Waals surface area contributed by atoms with Crippen LogP contribution in [0.15, 0.2) is 22.9 Å². The minimum atomic E-state index is -0.252. The largest absolute Gasteiger partial charge is 0.342 e. The number of nitrogens with zero attached hydrogens (tertiary/aromatic N) is 2. The number of H-pyrrole nitrogens is 1. The van der Waals surface area contributed by atoms with Crippen LogP contribution in [0.3, 0.4) is 0 Å². The molecule has 1 atom stereocenters. The quantitative estimate of drug-likeness (QED) is 0.900. The predicted octanol–water partition coefficient (Wildman–Crippen LogP) is 3.02. The van der Waals surface area contributed by atoms with E-state index in [9.17, 15) is 4.79 Å². The summed E-state index contributed by atoms with van der Waals surface area (Å²) >= 11 is 9.40. The Labute approximate surface area is 123 Å². The Balaban J connectivity index is 2.16. The Hall–Kier alpha value is -1.40. The first-order chi connectivity index (χ1) is 8.99. The van der Waals surface area contributed by atoms with Gasteiger partial charge in [0.1, 0.15) is 12.2 Å². The van der Waals surface area contributed by atoms with E-state index in [0.717, 1.165) is 10.0 Å². The summed E-state index contributed by atoms with van der Waals surface area (Å²) in [6.07, 6.45) is 1.40. The first-order valence-electron chi connectivity index (χ1n) is 5.61. The van der Waals surface area contributed by atoms with E-state index >= 15 is 0 Å². The van der Waals surface area contributed by atoms with Gasteiger partial charge in [0.15, 0.2) is 0 Å². The fourth-order valence-corrected chi connectivity index (χ4v) is 2.13. The maximum atomic E-state index is 12.1. The lowest BCUT2D eigenvalue weighted by Crippen LogP contribution is -2.27. The summed E-state index contributed by atoms with van der Waals surface area (Å²) in [5.74, 6) is 0.398. The van der Waals surface area contributed by atoms with Gasteiger partial charge in [-0.1, -0.05) is 11.6 Å². The number of aromatic amines is 1. The van der Waals surface area contributed by atoms with Crippen LogP contribution in [0, 0.1) is 6.92 Å². The van der Waals surface area contributed by atoms with E-state index < -0.39 is 0 Å². The number of halogens is 2. The molecule has 0 saturated heterocycles. The van der Waals surface area contributed by atoms with Crippen molar-refractivity contribution in [1.82, 2.24) is 20.5 Å². The Morgan fingerprint density at radius 2 is 2.26 bits per heavy atom. The summed E-state index contributed by atoms with van der Waals surface area (Å²) in [6.45, 7) is 3.71. The number of benzene rings is 1. The summed E-state index contributed by atoms with van der Waals surface area (Å²) in [4.78, 5) is 16.1. The van der Waals surface area contributed by atoms with Crippen molar-refractivity contribution in [2.75, 3.05) is 0 Å². The van der Waals surface area contributed by atoms with Gasteiger partial charge >= 0.3 is 0 Å². The minimum Gasteiger partial charge on any atom is -0.342 e. The highest BCUT2D eigenvalue weighted by Crippen LogP contribution is 2.27. The second-order valence-electron chi connectivity index (χ2n) is 4.15. The molecule has 0 saturated carbocycles. The lowest BCUT2D eigenvalue weighted by atomic mass is 10.1. The van der Waals surface area contributed by atoms with Gasteiger partial charge in [-0.25, -0.2) is 4.98 Å². The molecule has 0 fully saturated rings. The zero-order chi connectivity index (χ0) is 14.0. The number of hydrogen-bond donors (Lipinski definition) is 2. The van der Waals surface area contributed by atoms with Crippen LogP contribution in [0.2, 0.25) is 5.02 Å². The monoisotopic (exact) mass is 342 g/mol. The van der Waals surface area contributed by atoms with Crippen molar-refractivity contribution in [2.45, 2.75) is 19.9 Å². The number of carbonyl (C=O) groups is 1. The lowest BCUT2D eigenvalue weighted by Gasteiger charge is -2.12. The van der Waals surface area contributed by atoms with Crippen LogP contribution >= 0.6 is 27.5 Å². The summed E-state index contributed by atoms with van der Waals surface area (Å²) in [5, 5.41) is 9.80. The molecule has 0 unspecified atom stereocenters. The zero-order valence-electron chi connectivity index (χ0n) is 10.4. The van der Waals surface area contributed by atoms with Crippen molar-refractivity contribution >= 4 is 33.4 Å². The third-order valence-corrected chi connectivity index (χ3v) is 4.24. The zero-order valence-corrected chi connectivity index (χ0v) is 12.7.